The number of carbonyl (C=O) groups is 2. The molecule has 1 rings (SSSR count). The number of hydrogen-bond donors (Lipinski definition) is 2. The van der Waals surface area contributed by atoms with Crippen molar-refractivity contribution in [1.82, 2.24) is 5.32 Å². The highest BCUT2D eigenvalue weighted by molar-refractivity contribution is 5.98. The van der Waals surface area contributed by atoms with E-state index in [0.29, 0.717) is 10.5 Å². The molecule has 0 bridgehead atoms. The highest BCUT2D eigenvalue weighted by Crippen LogP contribution is 2.46. The third-order valence-electron chi connectivity index (χ3n) is 4.49. The minimum absolute atomic E-state index is 0.0342. The number of nitrogens with one attached hydrogen (secondary N) is 1. The first-order chi connectivity index (χ1) is 8.93. The van der Waals surface area contributed by atoms with Crippen molar-refractivity contribution in [3.05, 3.63) is 0 Å². The van der Waals surface area contributed by atoms with Crippen molar-refractivity contribution >= 4 is 22.4 Å². The van der Waals surface area contributed by atoms with Crippen LogP contribution in [0.4, 0.5) is 0 Å². The standard InChI is InChI=1S/C14H27NO4Si/c1-7(12(17)18)9-8(11(16)15-9)10(13(2,3)4)14(5,6)19-20/h7-10H,1-6,20H3,(H,15,16)(H,17,18)/t7-,8-,9-,10-/m1/s1. The van der Waals surface area contributed by atoms with Crippen LogP contribution in [0.15, 0.2) is 0 Å². The largest absolute Gasteiger partial charge is 0.481 e. The van der Waals surface area contributed by atoms with Gasteiger partial charge in [0.1, 0.15) is 10.5 Å². The maximum Gasteiger partial charge on any atom is 0.308 e. The molecule has 1 amide bonds. The Morgan fingerprint density at radius 1 is 1.35 bits per heavy atom. The van der Waals surface area contributed by atoms with E-state index in [2.05, 4.69) is 26.1 Å². The fraction of sp³-hybridized carbons (Fsp3) is 0.857. The first-order valence-electron chi connectivity index (χ1n) is 7.01. The number of carbonyl (C=O) groups excluding carboxylic acids is 1. The zero-order chi connectivity index (χ0) is 15.9. The molecule has 0 unspecified atom stereocenters. The monoisotopic (exact) mass is 301 g/mol. The van der Waals surface area contributed by atoms with Crippen LogP contribution in [-0.2, 0) is 14.0 Å². The summed E-state index contributed by atoms with van der Waals surface area (Å²) in [5, 5.41) is 11.9. The summed E-state index contributed by atoms with van der Waals surface area (Å²) in [5.74, 6) is -1.88. The van der Waals surface area contributed by atoms with E-state index in [1.54, 1.807) is 6.92 Å². The maximum atomic E-state index is 12.1. The first-order valence-corrected chi connectivity index (χ1v) is 7.83. The second-order valence-electron chi connectivity index (χ2n) is 7.34. The lowest BCUT2D eigenvalue weighted by Gasteiger charge is -2.53. The van der Waals surface area contributed by atoms with E-state index in [9.17, 15) is 14.7 Å². The summed E-state index contributed by atoms with van der Waals surface area (Å²) < 4.78 is 5.73. The minimum atomic E-state index is -0.878. The molecule has 1 saturated heterocycles. The van der Waals surface area contributed by atoms with Gasteiger partial charge in [0.25, 0.3) is 0 Å². The number of hydrogen-bond acceptors (Lipinski definition) is 3. The Hall–Kier alpha value is -0.883. The Labute approximate surface area is 124 Å². The predicted octanol–water partition coefficient (Wildman–Crippen LogP) is 0.560. The van der Waals surface area contributed by atoms with Gasteiger partial charge in [-0.25, -0.2) is 0 Å². The van der Waals surface area contributed by atoms with Crippen LogP contribution in [0.1, 0.15) is 41.5 Å². The molecule has 0 aromatic rings. The maximum absolute atomic E-state index is 12.1. The summed E-state index contributed by atoms with van der Waals surface area (Å²) in [6.07, 6.45) is 0. The fourth-order valence-electron chi connectivity index (χ4n) is 3.51. The van der Waals surface area contributed by atoms with Gasteiger partial charge in [-0.05, 0) is 26.2 Å². The van der Waals surface area contributed by atoms with Crippen molar-refractivity contribution in [1.29, 1.82) is 0 Å². The van der Waals surface area contributed by atoms with Crippen molar-refractivity contribution in [2.45, 2.75) is 53.2 Å². The van der Waals surface area contributed by atoms with Gasteiger partial charge in [0.15, 0.2) is 0 Å². The molecule has 1 fully saturated rings. The lowest BCUT2D eigenvalue weighted by atomic mass is 9.59. The van der Waals surface area contributed by atoms with Crippen LogP contribution < -0.4 is 5.32 Å². The number of rotatable bonds is 5. The van der Waals surface area contributed by atoms with E-state index in [0.717, 1.165) is 0 Å². The summed E-state index contributed by atoms with van der Waals surface area (Å²) in [7, 11) is 0.583. The molecule has 116 valence electrons. The predicted molar refractivity (Wildman–Crippen MR) is 80.3 cm³/mol. The van der Waals surface area contributed by atoms with E-state index in [1.165, 1.54) is 0 Å². The smallest absolute Gasteiger partial charge is 0.308 e. The van der Waals surface area contributed by atoms with Gasteiger partial charge in [0, 0.05) is 5.92 Å². The summed E-state index contributed by atoms with van der Waals surface area (Å²) in [6, 6.07) is -0.319. The number of amides is 1. The summed E-state index contributed by atoms with van der Waals surface area (Å²) in [5.41, 5.74) is -0.587. The van der Waals surface area contributed by atoms with Gasteiger partial charge in [-0.15, -0.1) is 0 Å². The number of β-lactam (4-membered cyclic amide) rings is 1. The lowest BCUT2D eigenvalue weighted by molar-refractivity contribution is -0.159. The number of carboxylic acid groups (broad SMARTS) is 1. The molecule has 0 aliphatic carbocycles. The van der Waals surface area contributed by atoms with E-state index in [-0.39, 0.29) is 29.2 Å². The van der Waals surface area contributed by atoms with Gasteiger partial charge in [-0.3, -0.25) is 9.59 Å². The van der Waals surface area contributed by atoms with E-state index >= 15 is 0 Å². The van der Waals surface area contributed by atoms with Gasteiger partial charge < -0.3 is 14.8 Å². The Bertz CT molecular complexity index is 402. The molecule has 1 aliphatic heterocycles. The molecule has 6 heteroatoms. The van der Waals surface area contributed by atoms with Crippen LogP contribution >= 0.6 is 0 Å². The van der Waals surface area contributed by atoms with Gasteiger partial charge in [0.05, 0.1) is 23.5 Å². The van der Waals surface area contributed by atoms with Crippen LogP contribution in [0.25, 0.3) is 0 Å². The molecule has 0 radical (unpaired) electrons. The fourth-order valence-corrected chi connectivity index (χ4v) is 3.76. The summed E-state index contributed by atoms with van der Waals surface area (Å²) in [4.78, 5) is 23.3. The molecule has 1 heterocycles. The third-order valence-corrected chi connectivity index (χ3v) is 5.55. The highest BCUT2D eigenvalue weighted by Gasteiger charge is 2.56. The molecule has 5 nitrogen and oxygen atoms in total. The van der Waals surface area contributed by atoms with Gasteiger partial charge in [-0.2, -0.15) is 0 Å². The Kier molecular flexibility index (Phi) is 4.71. The molecule has 4 atom stereocenters. The Morgan fingerprint density at radius 2 is 1.85 bits per heavy atom. The van der Waals surface area contributed by atoms with Crippen LogP contribution in [0.3, 0.4) is 0 Å². The Balaban J connectivity index is 3.13. The van der Waals surface area contributed by atoms with E-state index in [4.69, 9.17) is 4.43 Å². The van der Waals surface area contributed by atoms with Crippen LogP contribution in [0, 0.1) is 23.2 Å². The van der Waals surface area contributed by atoms with Gasteiger partial charge in [-0.1, -0.05) is 20.8 Å². The third kappa shape index (κ3) is 3.06. The SMILES string of the molecule is C[C@@H](C(=O)O)[C@H]1NC(=O)[C@H]1[C@H](C(C)(C)C)C(C)(C)O[SiH3]. The molecule has 0 spiro atoms. The minimum Gasteiger partial charge on any atom is -0.481 e. The van der Waals surface area contributed by atoms with Crippen molar-refractivity contribution in [2.24, 2.45) is 23.2 Å². The first kappa shape index (κ1) is 17.2. The quantitative estimate of drug-likeness (QED) is 0.575. The second kappa shape index (κ2) is 5.48. The Morgan fingerprint density at radius 3 is 2.15 bits per heavy atom. The number of aliphatic carboxylic acids is 1. The van der Waals surface area contributed by atoms with Crippen LogP contribution in [0.2, 0.25) is 0 Å². The topological polar surface area (TPSA) is 75.6 Å². The van der Waals surface area contributed by atoms with Gasteiger partial charge in [0.2, 0.25) is 5.91 Å². The van der Waals surface area contributed by atoms with Crippen molar-refractivity contribution in [3.63, 3.8) is 0 Å². The van der Waals surface area contributed by atoms with Crippen molar-refractivity contribution in [2.75, 3.05) is 0 Å². The van der Waals surface area contributed by atoms with Crippen molar-refractivity contribution in [3.8, 4) is 0 Å². The van der Waals surface area contributed by atoms with E-state index < -0.39 is 17.5 Å². The van der Waals surface area contributed by atoms with E-state index in [1.807, 2.05) is 13.8 Å². The average molecular weight is 301 g/mol. The molecule has 2 N–H and O–H groups in total. The average Bonchev–Trinajstić information content (AvgIpc) is 2.30. The summed E-state index contributed by atoms with van der Waals surface area (Å²) >= 11 is 0. The zero-order valence-corrected chi connectivity index (χ0v) is 15.5. The second-order valence-corrected chi connectivity index (χ2v) is 7.75. The molecule has 20 heavy (non-hydrogen) atoms. The van der Waals surface area contributed by atoms with Crippen LogP contribution in [-0.4, -0.2) is 39.1 Å². The molecule has 0 aromatic heterocycles. The van der Waals surface area contributed by atoms with Gasteiger partial charge >= 0.3 is 5.97 Å². The lowest BCUT2D eigenvalue weighted by Crippen LogP contribution is -2.68. The molecule has 0 saturated carbocycles. The van der Waals surface area contributed by atoms with Crippen LogP contribution in [0.5, 0.6) is 0 Å². The summed E-state index contributed by atoms with van der Waals surface area (Å²) in [6.45, 7) is 11.9. The molecular formula is C14H27NO4Si. The highest BCUT2D eigenvalue weighted by atomic mass is 28.2. The molecular weight excluding hydrogens is 274 g/mol. The molecule has 0 aromatic carbocycles. The normalized spacial score (nSPS) is 26.6. The van der Waals surface area contributed by atoms with Crippen molar-refractivity contribution < 1.29 is 19.1 Å². The molecule has 1 aliphatic rings. The number of carboxylic acids is 1. The zero-order valence-electron chi connectivity index (χ0n) is 13.5.